The molecule has 0 aromatic rings. The summed E-state index contributed by atoms with van der Waals surface area (Å²) in [7, 11) is 0. The Labute approximate surface area is 91.8 Å². The average Bonchev–Trinajstić information content (AvgIpc) is 2.59. The second kappa shape index (κ2) is 3.39. The molecule has 86 valence electrons. The lowest BCUT2D eigenvalue weighted by molar-refractivity contribution is 0.00971. The lowest BCUT2D eigenvalue weighted by Gasteiger charge is -2.34. The van der Waals surface area contributed by atoms with E-state index in [4.69, 9.17) is 4.74 Å². The zero-order valence-electron chi connectivity index (χ0n) is 10.1. The van der Waals surface area contributed by atoms with E-state index in [-0.39, 0.29) is 11.7 Å². The summed E-state index contributed by atoms with van der Waals surface area (Å²) < 4.78 is 5.43. The van der Waals surface area contributed by atoms with Crippen LogP contribution in [0.2, 0.25) is 0 Å². The molecule has 0 aromatic heterocycles. The number of piperidine rings is 1. The molecule has 3 heteroatoms. The van der Waals surface area contributed by atoms with Crippen molar-refractivity contribution >= 4 is 6.09 Å². The van der Waals surface area contributed by atoms with Crippen molar-refractivity contribution in [3.63, 3.8) is 0 Å². The van der Waals surface area contributed by atoms with Crippen LogP contribution in [0.4, 0.5) is 4.79 Å². The van der Waals surface area contributed by atoms with Gasteiger partial charge in [-0.15, -0.1) is 0 Å². The van der Waals surface area contributed by atoms with E-state index in [9.17, 15) is 4.79 Å². The molecule has 2 fully saturated rings. The molecule has 2 aliphatic rings. The van der Waals surface area contributed by atoms with Crippen LogP contribution < -0.4 is 0 Å². The molecule has 2 rings (SSSR count). The number of carbonyl (C=O) groups is 1. The van der Waals surface area contributed by atoms with Crippen molar-refractivity contribution < 1.29 is 9.53 Å². The van der Waals surface area contributed by atoms with Crippen molar-refractivity contribution in [2.24, 2.45) is 5.92 Å². The number of hydrogen-bond donors (Lipinski definition) is 0. The Kier molecular flexibility index (Phi) is 2.44. The Bertz CT molecular complexity index is 267. The van der Waals surface area contributed by atoms with Gasteiger partial charge in [0.15, 0.2) is 0 Å². The summed E-state index contributed by atoms with van der Waals surface area (Å²) in [4.78, 5) is 13.9. The monoisotopic (exact) mass is 211 g/mol. The van der Waals surface area contributed by atoms with E-state index in [2.05, 4.69) is 6.92 Å². The zero-order valence-corrected chi connectivity index (χ0v) is 10.1. The topological polar surface area (TPSA) is 29.5 Å². The number of nitrogens with zero attached hydrogens (tertiary/aromatic N) is 1. The second-order valence-corrected chi connectivity index (χ2v) is 5.86. The molecule has 1 saturated carbocycles. The van der Waals surface area contributed by atoms with E-state index < -0.39 is 0 Å². The molecule has 0 radical (unpaired) electrons. The van der Waals surface area contributed by atoms with Crippen LogP contribution >= 0.6 is 0 Å². The van der Waals surface area contributed by atoms with Crippen LogP contribution in [0.25, 0.3) is 0 Å². The molecule has 1 amide bonds. The summed E-state index contributed by atoms with van der Waals surface area (Å²) >= 11 is 0. The summed E-state index contributed by atoms with van der Waals surface area (Å²) in [5, 5.41) is 0. The van der Waals surface area contributed by atoms with E-state index in [0.717, 1.165) is 6.42 Å². The summed E-state index contributed by atoms with van der Waals surface area (Å²) in [5.41, 5.74) is -0.376. The maximum atomic E-state index is 12.0. The smallest absolute Gasteiger partial charge is 0.410 e. The van der Waals surface area contributed by atoms with E-state index >= 15 is 0 Å². The van der Waals surface area contributed by atoms with Crippen LogP contribution in [0, 0.1) is 5.92 Å². The number of fused-ring (bicyclic) bond motifs is 2. The van der Waals surface area contributed by atoms with E-state index in [1.807, 2.05) is 25.7 Å². The Morgan fingerprint density at radius 3 is 2.47 bits per heavy atom. The standard InChI is InChI=1S/C12H21NO2/c1-8-9-5-6-10(7-9)13(8)11(14)15-12(2,3)4/h8-10H,5-7H2,1-4H3/t8-,9+,10-/m1/s1. The minimum absolute atomic E-state index is 0.123. The van der Waals surface area contributed by atoms with Gasteiger partial charge in [-0.05, 0) is 52.9 Å². The van der Waals surface area contributed by atoms with E-state index in [1.165, 1.54) is 12.8 Å². The van der Waals surface area contributed by atoms with Gasteiger partial charge in [-0.2, -0.15) is 0 Å². The molecule has 0 spiro atoms. The molecule has 1 aliphatic heterocycles. The first kappa shape index (κ1) is 10.8. The quantitative estimate of drug-likeness (QED) is 0.616. The largest absolute Gasteiger partial charge is 0.444 e. The molecule has 3 nitrogen and oxygen atoms in total. The fourth-order valence-corrected chi connectivity index (χ4v) is 2.87. The molecule has 3 atom stereocenters. The number of amides is 1. The van der Waals surface area contributed by atoms with Gasteiger partial charge in [0.1, 0.15) is 5.60 Å². The van der Waals surface area contributed by atoms with Crippen LogP contribution in [0.3, 0.4) is 0 Å². The number of ether oxygens (including phenoxy) is 1. The van der Waals surface area contributed by atoms with Crippen molar-refractivity contribution in [2.45, 2.75) is 64.6 Å². The lowest BCUT2D eigenvalue weighted by atomic mass is 10.0. The Balaban J connectivity index is 2.02. The highest BCUT2D eigenvalue weighted by Gasteiger charge is 2.46. The molecule has 0 unspecified atom stereocenters. The van der Waals surface area contributed by atoms with Gasteiger partial charge in [0.2, 0.25) is 0 Å². The Morgan fingerprint density at radius 2 is 2.00 bits per heavy atom. The second-order valence-electron chi connectivity index (χ2n) is 5.86. The highest BCUT2D eigenvalue weighted by Crippen LogP contribution is 2.42. The first-order valence-electron chi connectivity index (χ1n) is 5.90. The molecule has 15 heavy (non-hydrogen) atoms. The van der Waals surface area contributed by atoms with Gasteiger partial charge in [-0.3, -0.25) is 0 Å². The SMILES string of the molecule is C[C@@H]1[C@H]2CC[C@H](C2)N1C(=O)OC(C)(C)C. The van der Waals surface area contributed by atoms with Crippen molar-refractivity contribution in [3.8, 4) is 0 Å². The van der Waals surface area contributed by atoms with Gasteiger partial charge in [0.25, 0.3) is 0 Å². The van der Waals surface area contributed by atoms with E-state index in [1.54, 1.807) is 0 Å². The lowest BCUT2D eigenvalue weighted by Crippen LogP contribution is -2.45. The van der Waals surface area contributed by atoms with Crippen molar-refractivity contribution in [1.82, 2.24) is 4.90 Å². The number of hydrogen-bond acceptors (Lipinski definition) is 2. The Morgan fingerprint density at radius 1 is 1.33 bits per heavy atom. The van der Waals surface area contributed by atoms with Gasteiger partial charge in [0, 0.05) is 12.1 Å². The summed E-state index contributed by atoms with van der Waals surface area (Å²) in [6.45, 7) is 7.91. The number of rotatable bonds is 0. The maximum absolute atomic E-state index is 12.0. The predicted octanol–water partition coefficient (Wildman–Crippen LogP) is 2.79. The highest BCUT2D eigenvalue weighted by molar-refractivity contribution is 5.69. The number of carbonyl (C=O) groups excluding carboxylic acids is 1. The van der Waals surface area contributed by atoms with Crippen molar-refractivity contribution in [1.29, 1.82) is 0 Å². The molecule has 1 saturated heterocycles. The minimum Gasteiger partial charge on any atom is -0.444 e. The van der Waals surface area contributed by atoms with Gasteiger partial charge in [-0.25, -0.2) is 4.79 Å². The predicted molar refractivity (Wildman–Crippen MR) is 58.7 cm³/mol. The maximum Gasteiger partial charge on any atom is 0.410 e. The molecule has 0 aromatic carbocycles. The van der Waals surface area contributed by atoms with Crippen LogP contribution in [0.15, 0.2) is 0 Å². The Hall–Kier alpha value is -0.730. The van der Waals surface area contributed by atoms with Gasteiger partial charge >= 0.3 is 6.09 Å². The molecular weight excluding hydrogens is 190 g/mol. The van der Waals surface area contributed by atoms with Crippen LogP contribution in [-0.2, 0) is 4.74 Å². The highest BCUT2D eigenvalue weighted by atomic mass is 16.6. The first-order chi connectivity index (χ1) is 6.88. The van der Waals surface area contributed by atoms with Gasteiger partial charge < -0.3 is 9.64 Å². The van der Waals surface area contributed by atoms with Crippen molar-refractivity contribution in [3.05, 3.63) is 0 Å². The third kappa shape index (κ3) is 1.97. The third-order valence-corrected chi connectivity index (χ3v) is 3.56. The van der Waals surface area contributed by atoms with Crippen LogP contribution in [0.5, 0.6) is 0 Å². The van der Waals surface area contributed by atoms with Gasteiger partial charge in [0.05, 0.1) is 0 Å². The van der Waals surface area contributed by atoms with Gasteiger partial charge in [-0.1, -0.05) is 0 Å². The summed E-state index contributed by atoms with van der Waals surface area (Å²) in [6, 6.07) is 0.818. The van der Waals surface area contributed by atoms with Crippen LogP contribution in [-0.4, -0.2) is 28.7 Å². The zero-order chi connectivity index (χ0) is 11.2. The molecule has 1 heterocycles. The fraction of sp³-hybridized carbons (Fsp3) is 0.917. The molecule has 0 N–H and O–H groups in total. The fourth-order valence-electron chi connectivity index (χ4n) is 2.87. The molecule has 2 bridgehead atoms. The normalized spacial score (nSPS) is 34.7. The van der Waals surface area contributed by atoms with Crippen molar-refractivity contribution in [2.75, 3.05) is 0 Å². The average molecular weight is 211 g/mol. The number of likely N-dealkylation sites (tertiary alicyclic amines) is 1. The third-order valence-electron chi connectivity index (χ3n) is 3.56. The van der Waals surface area contributed by atoms with E-state index in [0.29, 0.717) is 18.0 Å². The first-order valence-corrected chi connectivity index (χ1v) is 5.90. The molecular formula is C12H21NO2. The molecule has 1 aliphatic carbocycles. The minimum atomic E-state index is -0.376. The summed E-state index contributed by atoms with van der Waals surface area (Å²) in [5.74, 6) is 0.711. The van der Waals surface area contributed by atoms with Crippen LogP contribution in [0.1, 0.15) is 47.0 Å². The summed E-state index contributed by atoms with van der Waals surface area (Å²) in [6.07, 6.45) is 3.50.